The first-order valence-electron chi connectivity index (χ1n) is 7.84. The van der Waals surface area contributed by atoms with E-state index < -0.39 is 0 Å². The lowest BCUT2D eigenvalue weighted by Gasteiger charge is -2.19. The van der Waals surface area contributed by atoms with E-state index in [1.165, 1.54) is 0 Å². The maximum Gasteiger partial charge on any atom is 0.315 e. The van der Waals surface area contributed by atoms with Crippen molar-refractivity contribution in [3.63, 3.8) is 0 Å². The number of hydrogen-bond acceptors (Lipinski definition) is 3. The molecule has 4 N–H and O–H groups in total. The average Bonchev–Trinajstić information content (AvgIpc) is 2.96. The number of urea groups is 1. The standard InChI is InChI=1S/C17H25N3O3/c1-11(10-21)12(2)20-17(22)18-7-6-13-9-19-16-5-4-14(23-3)8-15(13)16/h4-5,8-9,11-12,19,21H,6-7,10H2,1-3H3,(H2,18,20,22). The molecule has 0 spiro atoms. The van der Waals surface area contributed by atoms with Crippen LogP contribution in [0.5, 0.6) is 5.75 Å². The van der Waals surface area contributed by atoms with Gasteiger partial charge in [0, 0.05) is 36.3 Å². The molecule has 6 heteroatoms. The zero-order valence-electron chi connectivity index (χ0n) is 13.8. The van der Waals surface area contributed by atoms with Gasteiger partial charge in [-0.15, -0.1) is 0 Å². The van der Waals surface area contributed by atoms with Crippen LogP contribution in [-0.2, 0) is 6.42 Å². The lowest BCUT2D eigenvalue weighted by molar-refractivity contribution is 0.200. The van der Waals surface area contributed by atoms with E-state index in [0.29, 0.717) is 6.54 Å². The summed E-state index contributed by atoms with van der Waals surface area (Å²) in [6, 6.07) is 5.60. The van der Waals surface area contributed by atoms with Crippen LogP contribution in [-0.4, -0.2) is 42.4 Å². The van der Waals surface area contributed by atoms with Crippen LogP contribution in [0.2, 0.25) is 0 Å². The van der Waals surface area contributed by atoms with Gasteiger partial charge >= 0.3 is 6.03 Å². The highest BCUT2D eigenvalue weighted by molar-refractivity contribution is 5.84. The predicted octanol–water partition coefficient (Wildman–Crippen LogP) is 2.04. The van der Waals surface area contributed by atoms with E-state index in [-0.39, 0.29) is 24.6 Å². The van der Waals surface area contributed by atoms with E-state index in [9.17, 15) is 4.79 Å². The number of hydrogen-bond donors (Lipinski definition) is 4. The summed E-state index contributed by atoms with van der Waals surface area (Å²) >= 11 is 0. The Morgan fingerprint density at radius 3 is 2.87 bits per heavy atom. The number of fused-ring (bicyclic) bond motifs is 1. The van der Waals surface area contributed by atoms with Gasteiger partial charge in [-0.3, -0.25) is 0 Å². The van der Waals surface area contributed by atoms with E-state index in [1.807, 2.05) is 38.2 Å². The Morgan fingerprint density at radius 2 is 2.17 bits per heavy atom. The normalized spacial score (nSPS) is 13.6. The molecule has 1 heterocycles. The van der Waals surface area contributed by atoms with Crippen LogP contribution in [0.3, 0.4) is 0 Å². The van der Waals surface area contributed by atoms with E-state index in [4.69, 9.17) is 9.84 Å². The first-order chi connectivity index (χ1) is 11.0. The number of nitrogens with one attached hydrogen (secondary N) is 3. The number of carbonyl (C=O) groups is 1. The number of aliphatic hydroxyl groups is 1. The summed E-state index contributed by atoms with van der Waals surface area (Å²) in [5.74, 6) is 0.845. The number of aromatic nitrogens is 1. The Balaban J connectivity index is 1.88. The van der Waals surface area contributed by atoms with Crippen molar-refractivity contribution in [1.82, 2.24) is 15.6 Å². The predicted molar refractivity (Wildman–Crippen MR) is 90.8 cm³/mol. The largest absolute Gasteiger partial charge is 0.497 e. The van der Waals surface area contributed by atoms with Crippen molar-refractivity contribution in [2.75, 3.05) is 20.3 Å². The first-order valence-corrected chi connectivity index (χ1v) is 7.84. The van der Waals surface area contributed by atoms with E-state index >= 15 is 0 Å². The monoisotopic (exact) mass is 319 g/mol. The van der Waals surface area contributed by atoms with Crippen molar-refractivity contribution in [3.8, 4) is 5.75 Å². The highest BCUT2D eigenvalue weighted by Gasteiger charge is 2.13. The molecule has 2 amide bonds. The lowest BCUT2D eigenvalue weighted by Crippen LogP contribution is -2.44. The number of aliphatic hydroxyl groups excluding tert-OH is 1. The van der Waals surface area contributed by atoms with Gasteiger partial charge in [-0.2, -0.15) is 0 Å². The lowest BCUT2D eigenvalue weighted by atomic mass is 10.1. The zero-order valence-corrected chi connectivity index (χ0v) is 13.8. The molecule has 6 nitrogen and oxygen atoms in total. The highest BCUT2D eigenvalue weighted by atomic mass is 16.5. The summed E-state index contributed by atoms with van der Waals surface area (Å²) < 4.78 is 5.25. The molecule has 1 aromatic heterocycles. The summed E-state index contributed by atoms with van der Waals surface area (Å²) in [5, 5.41) is 15.9. The zero-order chi connectivity index (χ0) is 16.8. The fourth-order valence-corrected chi connectivity index (χ4v) is 2.36. The maximum atomic E-state index is 11.8. The van der Waals surface area contributed by atoms with Crippen molar-refractivity contribution in [2.24, 2.45) is 5.92 Å². The van der Waals surface area contributed by atoms with Crippen LogP contribution < -0.4 is 15.4 Å². The number of rotatable bonds is 7. The van der Waals surface area contributed by atoms with Gasteiger partial charge < -0.3 is 25.5 Å². The van der Waals surface area contributed by atoms with Crippen LogP contribution in [0.15, 0.2) is 24.4 Å². The Kier molecular flexibility index (Phi) is 5.87. The van der Waals surface area contributed by atoms with Crippen LogP contribution in [0, 0.1) is 5.92 Å². The van der Waals surface area contributed by atoms with Crippen LogP contribution in [0.25, 0.3) is 10.9 Å². The minimum atomic E-state index is -0.213. The van der Waals surface area contributed by atoms with Crippen LogP contribution in [0.1, 0.15) is 19.4 Å². The quantitative estimate of drug-likeness (QED) is 0.630. The maximum absolute atomic E-state index is 11.8. The molecule has 0 bridgehead atoms. The first kappa shape index (κ1) is 17.1. The summed E-state index contributed by atoms with van der Waals surface area (Å²) in [6.07, 6.45) is 2.69. The van der Waals surface area contributed by atoms with E-state index in [0.717, 1.165) is 28.6 Å². The second kappa shape index (κ2) is 7.87. The number of amides is 2. The third kappa shape index (κ3) is 4.39. The number of H-pyrrole nitrogens is 1. The second-order valence-corrected chi connectivity index (χ2v) is 5.82. The number of benzene rings is 1. The number of carbonyl (C=O) groups excluding carboxylic acids is 1. The Bertz CT molecular complexity index is 654. The molecule has 0 saturated carbocycles. The number of methoxy groups -OCH3 is 1. The third-order valence-corrected chi connectivity index (χ3v) is 4.15. The van der Waals surface area contributed by atoms with Crippen LogP contribution >= 0.6 is 0 Å². The van der Waals surface area contributed by atoms with Crippen molar-refractivity contribution in [3.05, 3.63) is 30.0 Å². The molecule has 126 valence electrons. The molecule has 2 aromatic rings. The molecule has 1 aromatic carbocycles. The molecule has 23 heavy (non-hydrogen) atoms. The molecule has 2 atom stereocenters. The van der Waals surface area contributed by atoms with Gasteiger partial charge in [-0.1, -0.05) is 6.92 Å². The molecule has 2 rings (SSSR count). The highest BCUT2D eigenvalue weighted by Crippen LogP contribution is 2.23. The molecular weight excluding hydrogens is 294 g/mol. The van der Waals surface area contributed by atoms with Gasteiger partial charge in [0.15, 0.2) is 0 Å². The molecular formula is C17H25N3O3. The average molecular weight is 319 g/mol. The second-order valence-electron chi connectivity index (χ2n) is 5.82. The molecule has 0 aliphatic carbocycles. The Hall–Kier alpha value is -2.21. The minimum Gasteiger partial charge on any atom is -0.497 e. The third-order valence-electron chi connectivity index (χ3n) is 4.15. The molecule has 0 aliphatic heterocycles. The fraction of sp³-hybridized carbons (Fsp3) is 0.471. The summed E-state index contributed by atoms with van der Waals surface area (Å²) in [4.78, 5) is 15.1. The van der Waals surface area contributed by atoms with Gasteiger partial charge in [0.2, 0.25) is 0 Å². The molecule has 0 aliphatic rings. The van der Waals surface area contributed by atoms with Crippen LogP contribution in [0.4, 0.5) is 4.79 Å². The van der Waals surface area contributed by atoms with Gasteiger partial charge in [0.1, 0.15) is 5.75 Å². The summed E-state index contributed by atoms with van der Waals surface area (Å²) in [7, 11) is 1.65. The van der Waals surface area contributed by atoms with E-state index in [2.05, 4.69) is 15.6 Å². The Labute approximate surface area is 136 Å². The molecule has 2 unspecified atom stereocenters. The molecule has 0 saturated heterocycles. The van der Waals surface area contributed by atoms with Crippen molar-refractivity contribution in [2.45, 2.75) is 26.3 Å². The minimum absolute atomic E-state index is 0.0295. The van der Waals surface area contributed by atoms with Crippen molar-refractivity contribution in [1.29, 1.82) is 0 Å². The van der Waals surface area contributed by atoms with Crippen molar-refractivity contribution < 1.29 is 14.6 Å². The van der Waals surface area contributed by atoms with Gasteiger partial charge in [0.05, 0.1) is 7.11 Å². The molecule has 0 radical (unpaired) electrons. The van der Waals surface area contributed by atoms with Gasteiger partial charge in [-0.05, 0) is 43.0 Å². The smallest absolute Gasteiger partial charge is 0.315 e. The number of ether oxygens (including phenoxy) is 1. The van der Waals surface area contributed by atoms with E-state index in [1.54, 1.807) is 7.11 Å². The van der Waals surface area contributed by atoms with Gasteiger partial charge in [0.25, 0.3) is 0 Å². The van der Waals surface area contributed by atoms with Gasteiger partial charge in [-0.25, -0.2) is 4.79 Å². The van der Waals surface area contributed by atoms with Crippen molar-refractivity contribution >= 4 is 16.9 Å². The Morgan fingerprint density at radius 1 is 1.39 bits per heavy atom. The summed E-state index contributed by atoms with van der Waals surface area (Å²) in [5.41, 5.74) is 2.19. The number of aromatic amines is 1. The molecule has 0 fully saturated rings. The topological polar surface area (TPSA) is 86.4 Å². The summed E-state index contributed by atoms with van der Waals surface area (Å²) in [6.45, 7) is 4.37. The SMILES string of the molecule is COc1ccc2[nH]cc(CCNC(=O)NC(C)C(C)CO)c2c1. The fourth-order valence-electron chi connectivity index (χ4n) is 2.36.